The number of benzene rings is 1. The van der Waals surface area contributed by atoms with Crippen LogP contribution in [-0.2, 0) is 0 Å². The zero-order valence-corrected chi connectivity index (χ0v) is 12.8. The van der Waals surface area contributed by atoms with Crippen molar-refractivity contribution in [3.05, 3.63) is 35.4 Å². The maximum absolute atomic E-state index is 12.1. The lowest BCUT2D eigenvalue weighted by atomic mass is 10.1. The molecule has 10 heteroatoms. The van der Waals surface area contributed by atoms with Crippen LogP contribution in [0.4, 0.5) is 0 Å². The summed E-state index contributed by atoms with van der Waals surface area (Å²) in [6.45, 7) is 2.81. The summed E-state index contributed by atoms with van der Waals surface area (Å²) in [5.41, 5.74) is 11.1. The summed E-state index contributed by atoms with van der Waals surface area (Å²) in [6.07, 6.45) is 0. The molecule has 24 heavy (non-hydrogen) atoms. The lowest BCUT2D eigenvalue weighted by Crippen LogP contribution is -2.46. The lowest BCUT2D eigenvalue weighted by Gasteiger charge is -2.10. The molecule has 3 rings (SSSR count). The standard InChI is InChI=1S/C14H18N8O2/c23-11(19-21-13-15-4-5-16-13)9-2-1-3-10(8-9)12(24)20-22-14-17-6-7-18-14/h1-3,8H,4-7H2,(H,19,23)(H,20,24)(H2,15,16,21)(H2,17,18,22). The fourth-order valence-electron chi connectivity index (χ4n) is 2.14. The van der Waals surface area contributed by atoms with Crippen molar-refractivity contribution >= 4 is 23.7 Å². The molecule has 6 N–H and O–H groups in total. The van der Waals surface area contributed by atoms with E-state index in [0.717, 1.165) is 13.1 Å². The molecule has 10 nitrogen and oxygen atoms in total. The van der Waals surface area contributed by atoms with Crippen LogP contribution in [0.1, 0.15) is 20.7 Å². The van der Waals surface area contributed by atoms with Crippen molar-refractivity contribution in [1.29, 1.82) is 0 Å². The monoisotopic (exact) mass is 330 g/mol. The van der Waals surface area contributed by atoms with Crippen molar-refractivity contribution < 1.29 is 9.59 Å². The minimum absolute atomic E-state index is 0.352. The van der Waals surface area contributed by atoms with E-state index in [2.05, 4.69) is 42.3 Å². The van der Waals surface area contributed by atoms with Gasteiger partial charge in [0.05, 0.1) is 13.1 Å². The van der Waals surface area contributed by atoms with E-state index in [1.165, 1.54) is 6.07 Å². The first-order chi connectivity index (χ1) is 11.7. The van der Waals surface area contributed by atoms with Crippen molar-refractivity contribution in [2.75, 3.05) is 26.2 Å². The second-order valence-electron chi connectivity index (χ2n) is 5.05. The van der Waals surface area contributed by atoms with E-state index >= 15 is 0 Å². The van der Waals surface area contributed by atoms with Gasteiger partial charge in [0.25, 0.3) is 11.8 Å². The maximum atomic E-state index is 12.1. The van der Waals surface area contributed by atoms with Gasteiger partial charge in [-0.05, 0) is 18.2 Å². The van der Waals surface area contributed by atoms with Crippen LogP contribution in [0.3, 0.4) is 0 Å². The molecule has 0 radical (unpaired) electrons. The molecular weight excluding hydrogens is 312 g/mol. The molecule has 126 valence electrons. The van der Waals surface area contributed by atoms with Gasteiger partial charge in [0.15, 0.2) is 0 Å². The Balaban J connectivity index is 1.56. The molecule has 2 heterocycles. The molecule has 0 bridgehead atoms. The average molecular weight is 330 g/mol. The van der Waals surface area contributed by atoms with Gasteiger partial charge in [0.1, 0.15) is 0 Å². The molecule has 0 spiro atoms. The largest absolute Gasteiger partial charge is 0.353 e. The van der Waals surface area contributed by atoms with E-state index in [1.54, 1.807) is 18.2 Å². The molecule has 0 saturated carbocycles. The van der Waals surface area contributed by atoms with Crippen molar-refractivity contribution in [2.45, 2.75) is 0 Å². The Hall–Kier alpha value is -3.30. The summed E-state index contributed by atoms with van der Waals surface area (Å²) < 4.78 is 0. The predicted octanol–water partition coefficient (Wildman–Crippen LogP) is -1.93. The van der Waals surface area contributed by atoms with Crippen molar-refractivity contribution in [3.8, 4) is 0 Å². The molecule has 0 aliphatic carbocycles. The van der Waals surface area contributed by atoms with Crippen molar-refractivity contribution in [2.24, 2.45) is 9.98 Å². The summed E-state index contributed by atoms with van der Waals surface area (Å²) >= 11 is 0. The Kier molecular flexibility index (Phi) is 4.75. The smallest absolute Gasteiger partial charge is 0.269 e. The van der Waals surface area contributed by atoms with Gasteiger partial charge in [-0.2, -0.15) is 0 Å². The van der Waals surface area contributed by atoms with Crippen LogP contribution in [-0.4, -0.2) is 49.9 Å². The van der Waals surface area contributed by atoms with Crippen molar-refractivity contribution in [1.82, 2.24) is 32.3 Å². The summed E-state index contributed by atoms with van der Waals surface area (Å²) in [5, 5.41) is 5.94. The fraction of sp³-hybridized carbons (Fsp3) is 0.286. The van der Waals surface area contributed by atoms with Crippen LogP contribution >= 0.6 is 0 Å². The third kappa shape index (κ3) is 3.91. The third-order valence-corrected chi connectivity index (χ3v) is 3.32. The van der Waals surface area contributed by atoms with Crippen LogP contribution in [0.15, 0.2) is 34.3 Å². The molecule has 0 saturated heterocycles. The Morgan fingerprint density at radius 1 is 0.875 bits per heavy atom. The number of nitrogens with one attached hydrogen (secondary N) is 6. The first kappa shape index (κ1) is 15.6. The molecule has 1 aromatic rings. The second kappa shape index (κ2) is 7.31. The maximum Gasteiger partial charge on any atom is 0.269 e. The molecule has 0 aromatic heterocycles. The fourth-order valence-corrected chi connectivity index (χ4v) is 2.14. The summed E-state index contributed by atoms with van der Waals surface area (Å²) in [6, 6.07) is 6.38. The number of rotatable bonds is 2. The third-order valence-electron chi connectivity index (χ3n) is 3.32. The van der Waals surface area contributed by atoms with Crippen LogP contribution < -0.4 is 32.3 Å². The minimum atomic E-state index is -0.365. The van der Waals surface area contributed by atoms with Gasteiger partial charge < -0.3 is 10.6 Å². The number of carbonyl (C=O) groups is 2. The van der Waals surface area contributed by atoms with Gasteiger partial charge >= 0.3 is 0 Å². The van der Waals surface area contributed by atoms with Gasteiger partial charge in [-0.15, -0.1) is 0 Å². The van der Waals surface area contributed by atoms with Crippen LogP contribution in [0, 0.1) is 0 Å². The molecule has 0 fully saturated rings. The van der Waals surface area contributed by atoms with Crippen molar-refractivity contribution in [3.63, 3.8) is 0 Å². The number of hydrogen-bond acceptors (Lipinski definition) is 8. The Morgan fingerprint density at radius 3 is 1.79 bits per heavy atom. The zero-order chi connectivity index (χ0) is 16.8. The highest BCUT2D eigenvalue weighted by atomic mass is 16.2. The number of amides is 2. The van der Waals surface area contributed by atoms with Gasteiger partial charge in [0, 0.05) is 24.2 Å². The first-order valence-electron chi connectivity index (χ1n) is 7.52. The lowest BCUT2D eigenvalue weighted by molar-refractivity contribution is 0.0943. The topological polar surface area (TPSA) is 131 Å². The van der Waals surface area contributed by atoms with E-state index in [1.807, 2.05) is 0 Å². The van der Waals surface area contributed by atoms with Crippen LogP contribution in [0.5, 0.6) is 0 Å². The highest BCUT2D eigenvalue weighted by Crippen LogP contribution is 2.05. The Morgan fingerprint density at radius 2 is 1.38 bits per heavy atom. The number of guanidine groups is 2. The van der Waals surface area contributed by atoms with Gasteiger partial charge in [-0.3, -0.25) is 41.3 Å². The molecule has 2 aliphatic heterocycles. The SMILES string of the molecule is O=C(NNC1=NCCN1)c1cccc(C(=O)NNC2=NCCN2)c1. The highest BCUT2D eigenvalue weighted by Gasteiger charge is 2.12. The summed E-state index contributed by atoms with van der Waals surface area (Å²) in [5.74, 6) is 0.309. The van der Waals surface area contributed by atoms with Gasteiger partial charge in [-0.1, -0.05) is 6.07 Å². The van der Waals surface area contributed by atoms with Gasteiger partial charge in [0.2, 0.25) is 11.9 Å². The van der Waals surface area contributed by atoms with E-state index in [0.29, 0.717) is 36.1 Å². The molecule has 2 aliphatic rings. The quantitative estimate of drug-likeness (QED) is 0.350. The van der Waals surface area contributed by atoms with E-state index in [4.69, 9.17) is 0 Å². The van der Waals surface area contributed by atoms with E-state index in [9.17, 15) is 9.59 Å². The Bertz CT molecular complexity index is 645. The second-order valence-corrected chi connectivity index (χ2v) is 5.05. The van der Waals surface area contributed by atoms with Crippen LogP contribution in [0.2, 0.25) is 0 Å². The minimum Gasteiger partial charge on any atom is -0.353 e. The molecular formula is C14H18N8O2. The number of aliphatic imine (C=N–C) groups is 2. The number of hydrogen-bond donors (Lipinski definition) is 6. The number of hydrazine groups is 2. The summed E-state index contributed by atoms with van der Waals surface area (Å²) in [4.78, 5) is 32.4. The Labute approximate surface area is 138 Å². The summed E-state index contributed by atoms with van der Waals surface area (Å²) in [7, 11) is 0. The number of nitrogens with zero attached hydrogens (tertiary/aromatic N) is 2. The van der Waals surface area contributed by atoms with Gasteiger partial charge in [-0.25, -0.2) is 0 Å². The molecule has 2 amide bonds. The highest BCUT2D eigenvalue weighted by molar-refractivity contribution is 6.00. The van der Waals surface area contributed by atoms with E-state index in [-0.39, 0.29) is 11.8 Å². The van der Waals surface area contributed by atoms with Crippen LogP contribution in [0.25, 0.3) is 0 Å². The average Bonchev–Trinajstić information content (AvgIpc) is 3.31. The molecule has 0 unspecified atom stereocenters. The first-order valence-corrected chi connectivity index (χ1v) is 7.52. The van der Waals surface area contributed by atoms with E-state index < -0.39 is 0 Å². The normalized spacial score (nSPS) is 15.5. The zero-order valence-electron chi connectivity index (χ0n) is 12.8. The molecule has 0 atom stereocenters. The predicted molar refractivity (Wildman–Crippen MR) is 88.3 cm³/mol. The molecule has 1 aromatic carbocycles. The number of carbonyl (C=O) groups excluding carboxylic acids is 2.